The van der Waals surface area contributed by atoms with Gasteiger partial charge in [-0.15, -0.1) is 0 Å². The molecule has 0 aliphatic carbocycles. The summed E-state index contributed by atoms with van der Waals surface area (Å²) in [4.78, 5) is 29.6. The van der Waals surface area contributed by atoms with Gasteiger partial charge in [0, 0.05) is 19.2 Å². The van der Waals surface area contributed by atoms with Crippen LogP contribution in [0.4, 0.5) is 30.8 Å². The van der Waals surface area contributed by atoms with Crippen molar-refractivity contribution in [1.82, 2.24) is 24.5 Å². The van der Waals surface area contributed by atoms with Crippen LogP contribution in [0.5, 0.6) is 0 Å². The van der Waals surface area contributed by atoms with E-state index in [-0.39, 0.29) is 47.5 Å². The molecule has 0 fully saturated rings. The van der Waals surface area contributed by atoms with Crippen molar-refractivity contribution < 1.29 is 13.2 Å². The number of alkyl halides is 3. The largest absolute Gasteiger partial charge is 0.417 e. The Kier molecular flexibility index (Phi) is 5.96. The van der Waals surface area contributed by atoms with Crippen molar-refractivity contribution in [1.29, 1.82) is 5.26 Å². The molecular formula is C22H18F3N9O. The molecule has 0 saturated carbocycles. The molecule has 4 aromatic rings. The summed E-state index contributed by atoms with van der Waals surface area (Å²) >= 11 is 0. The highest BCUT2D eigenvalue weighted by atomic mass is 19.4. The number of fused-ring (bicyclic) bond motifs is 1. The molecule has 0 aliphatic heterocycles. The number of hydrogen-bond acceptors (Lipinski definition) is 9. The van der Waals surface area contributed by atoms with Crippen LogP contribution in [-0.4, -0.2) is 31.0 Å². The van der Waals surface area contributed by atoms with E-state index < -0.39 is 22.7 Å². The van der Waals surface area contributed by atoms with Crippen LogP contribution in [0.15, 0.2) is 41.5 Å². The van der Waals surface area contributed by atoms with Gasteiger partial charge in [-0.1, -0.05) is 6.07 Å². The van der Waals surface area contributed by atoms with E-state index in [1.165, 1.54) is 24.5 Å². The Labute approximate surface area is 196 Å². The highest BCUT2D eigenvalue weighted by Gasteiger charge is 2.34. The van der Waals surface area contributed by atoms with Gasteiger partial charge in [0.1, 0.15) is 23.3 Å². The number of nitrogens with two attached hydrogens (primary N) is 2. The minimum absolute atomic E-state index is 0.0130. The third-order valence-electron chi connectivity index (χ3n) is 5.23. The maximum atomic E-state index is 13.7. The molecule has 0 spiro atoms. The second-order valence-corrected chi connectivity index (χ2v) is 7.51. The highest BCUT2D eigenvalue weighted by molar-refractivity contribution is 5.82. The summed E-state index contributed by atoms with van der Waals surface area (Å²) in [5.41, 5.74) is 10.2. The number of nitriles is 1. The lowest BCUT2D eigenvalue weighted by atomic mass is 10.1. The average Bonchev–Trinajstić information content (AvgIpc) is 2.79. The Morgan fingerprint density at radius 2 is 1.94 bits per heavy atom. The summed E-state index contributed by atoms with van der Waals surface area (Å²) < 4.78 is 42.2. The number of halogens is 3. The van der Waals surface area contributed by atoms with Crippen molar-refractivity contribution in [2.75, 3.05) is 23.3 Å². The van der Waals surface area contributed by atoms with Gasteiger partial charge in [0.05, 0.1) is 28.4 Å². The van der Waals surface area contributed by atoms with Crippen molar-refractivity contribution >= 4 is 28.5 Å². The Balaban J connectivity index is 1.84. The third-order valence-corrected chi connectivity index (χ3v) is 5.23. The number of pyridine rings is 1. The Bertz CT molecular complexity index is 1540. The second kappa shape index (κ2) is 8.90. The van der Waals surface area contributed by atoms with Gasteiger partial charge in [-0.25, -0.2) is 4.98 Å². The third kappa shape index (κ3) is 4.41. The van der Waals surface area contributed by atoms with E-state index in [2.05, 4.69) is 25.3 Å². The van der Waals surface area contributed by atoms with E-state index in [0.717, 1.165) is 10.6 Å². The van der Waals surface area contributed by atoms with Gasteiger partial charge in [0.15, 0.2) is 5.82 Å². The SMILES string of the molecule is Cc1ccncc1-n1c(CCNc2nc(N)nc(N)c2C#N)nc2cccc(C(F)(F)F)c2c1=O. The van der Waals surface area contributed by atoms with E-state index in [1.54, 1.807) is 13.0 Å². The number of aryl methyl sites for hydroxylation is 1. The van der Waals surface area contributed by atoms with E-state index >= 15 is 0 Å². The smallest absolute Gasteiger partial charge is 0.382 e. The summed E-state index contributed by atoms with van der Waals surface area (Å²) in [6.07, 6.45) is -1.78. The number of rotatable bonds is 5. The molecule has 35 heavy (non-hydrogen) atoms. The first-order valence-electron chi connectivity index (χ1n) is 10.2. The highest BCUT2D eigenvalue weighted by Crippen LogP contribution is 2.33. The number of benzene rings is 1. The van der Waals surface area contributed by atoms with Crippen LogP contribution in [0.2, 0.25) is 0 Å². The summed E-state index contributed by atoms with van der Waals surface area (Å²) in [5, 5.41) is 11.7. The second-order valence-electron chi connectivity index (χ2n) is 7.51. The lowest BCUT2D eigenvalue weighted by Gasteiger charge is -2.17. The van der Waals surface area contributed by atoms with Gasteiger partial charge < -0.3 is 16.8 Å². The predicted octanol–water partition coefficient (Wildman–Crippen LogP) is 2.59. The molecule has 1 aromatic carbocycles. The van der Waals surface area contributed by atoms with E-state index in [0.29, 0.717) is 11.3 Å². The average molecular weight is 481 g/mol. The molecule has 0 amide bonds. The molecule has 0 saturated heterocycles. The molecule has 5 N–H and O–H groups in total. The number of nitrogen functional groups attached to an aromatic ring is 2. The fourth-order valence-corrected chi connectivity index (χ4v) is 3.65. The van der Waals surface area contributed by atoms with E-state index in [9.17, 15) is 23.2 Å². The lowest BCUT2D eigenvalue weighted by Crippen LogP contribution is -2.28. The summed E-state index contributed by atoms with van der Waals surface area (Å²) in [6, 6.07) is 6.92. The van der Waals surface area contributed by atoms with Crippen molar-refractivity contribution in [3.05, 3.63) is 69.5 Å². The summed E-state index contributed by atoms with van der Waals surface area (Å²) in [5.74, 6) is 0.0207. The number of hydrogen-bond donors (Lipinski definition) is 3. The Morgan fingerprint density at radius 3 is 2.63 bits per heavy atom. The first-order chi connectivity index (χ1) is 16.6. The fraction of sp³-hybridized carbons (Fsp3) is 0.182. The molecule has 0 unspecified atom stereocenters. The van der Waals surface area contributed by atoms with Gasteiger partial charge in [0.25, 0.3) is 5.56 Å². The lowest BCUT2D eigenvalue weighted by molar-refractivity contribution is -0.136. The van der Waals surface area contributed by atoms with Crippen molar-refractivity contribution in [3.63, 3.8) is 0 Å². The first-order valence-corrected chi connectivity index (χ1v) is 10.2. The van der Waals surface area contributed by atoms with Crippen molar-refractivity contribution in [2.24, 2.45) is 0 Å². The van der Waals surface area contributed by atoms with Gasteiger partial charge in [0.2, 0.25) is 5.95 Å². The zero-order valence-electron chi connectivity index (χ0n) is 18.3. The molecule has 4 rings (SSSR count). The van der Waals surface area contributed by atoms with Gasteiger partial charge >= 0.3 is 6.18 Å². The molecule has 178 valence electrons. The van der Waals surface area contributed by atoms with Gasteiger partial charge in [-0.2, -0.15) is 28.4 Å². The van der Waals surface area contributed by atoms with Crippen LogP contribution >= 0.6 is 0 Å². The van der Waals surface area contributed by atoms with Crippen LogP contribution in [-0.2, 0) is 12.6 Å². The van der Waals surface area contributed by atoms with Crippen LogP contribution in [0.25, 0.3) is 16.6 Å². The number of anilines is 3. The molecule has 0 atom stereocenters. The fourth-order valence-electron chi connectivity index (χ4n) is 3.65. The van der Waals surface area contributed by atoms with Gasteiger partial charge in [-0.3, -0.25) is 14.3 Å². The summed E-state index contributed by atoms with van der Waals surface area (Å²) in [6.45, 7) is 1.80. The normalized spacial score (nSPS) is 11.4. The Hall–Kier alpha value is -4.73. The quantitative estimate of drug-likeness (QED) is 0.389. The standard InChI is InChI=1S/C22H18F3N9O/c1-11-5-7-29-10-15(11)34-16(6-8-30-19-12(9-26)18(27)32-21(28)33-19)31-14-4-2-3-13(22(23,24)25)17(14)20(34)35/h2-5,7,10H,6,8H2,1H3,(H5,27,28,30,32,33). The first kappa shape index (κ1) is 23.4. The van der Waals surface area contributed by atoms with E-state index in [1.807, 2.05) is 6.07 Å². The number of nitrogens with one attached hydrogen (secondary N) is 1. The number of aromatic nitrogens is 5. The molecule has 13 heteroatoms. The minimum atomic E-state index is -4.74. The van der Waals surface area contributed by atoms with Crippen LogP contribution in [0, 0.1) is 18.3 Å². The molecule has 0 aliphatic rings. The maximum Gasteiger partial charge on any atom is 0.417 e. The van der Waals surface area contributed by atoms with Crippen LogP contribution in [0.1, 0.15) is 22.5 Å². The zero-order valence-corrected chi connectivity index (χ0v) is 18.3. The van der Waals surface area contributed by atoms with E-state index in [4.69, 9.17) is 11.5 Å². The van der Waals surface area contributed by atoms with Crippen LogP contribution < -0.4 is 22.3 Å². The monoisotopic (exact) mass is 481 g/mol. The Morgan fingerprint density at radius 1 is 1.17 bits per heavy atom. The number of nitrogens with zero attached hydrogens (tertiary/aromatic N) is 6. The van der Waals surface area contributed by atoms with Crippen molar-refractivity contribution in [2.45, 2.75) is 19.5 Å². The molecule has 10 nitrogen and oxygen atoms in total. The van der Waals surface area contributed by atoms with Gasteiger partial charge in [-0.05, 0) is 30.7 Å². The topological polar surface area (TPSA) is 161 Å². The predicted molar refractivity (Wildman–Crippen MR) is 123 cm³/mol. The maximum absolute atomic E-state index is 13.7. The molecule has 0 radical (unpaired) electrons. The molecular weight excluding hydrogens is 463 g/mol. The summed E-state index contributed by atoms with van der Waals surface area (Å²) in [7, 11) is 0. The zero-order chi connectivity index (χ0) is 25.3. The minimum Gasteiger partial charge on any atom is -0.382 e. The van der Waals surface area contributed by atoms with Crippen LogP contribution in [0.3, 0.4) is 0 Å². The van der Waals surface area contributed by atoms with Crippen molar-refractivity contribution in [3.8, 4) is 11.8 Å². The molecule has 0 bridgehead atoms. The molecule has 3 aromatic heterocycles. The molecule has 3 heterocycles.